The van der Waals surface area contributed by atoms with Gasteiger partial charge in [0, 0.05) is 24.1 Å². The van der Waals surface area contributed by atoms with Gasteiger partial charge in [-0.2, -0.15) is 0 Å². The average molecular weight is 372 g/mol. The summed E-state index contributed by atoms with van der Waals surface area (Å²) in [6.45, 7) is 6.63. The molecule has 4 heteroatoms. The van der Waals surface area contributed by atoms with E-state index in [0.717, 1.165) is 57.3 Å². The summed E-state index contributed by atoms with van der Waals surface area (Å²) in [6, 6.07) is 0. The number of hydrogen-bond donors (Lipinski definition) is 1. The third kappa shape index (κ3) is 3.53. The van der Waals surface area contributed by atoms with Gasteiger partial charge in [-0.15, -0.1) is 0 Å². The quantitative estimate of drug-likeness (QED) is 0.544. The van der Waals surface area contributed by atoms with Gasteiger partial charge in [-0.3, -0.25) is 4.79 Å². The van der Waals surface area contributed by atoms with E-state index in [1.807, 2.05) is 0 Å². The molecule has 0 saturated heterocycles. The van der Waals surface area contributed by atoms with Crippen molar-refractivity contribution < 1.29 is 9.53 Å². The predicted molar refractivity (Wildman–Crippen MR) is 92.1 cm³/mol. The first-order chi connectivity index (χ1) is 10.4. The lowest BCUT2D eigenvalue weighted by Gasteiger charge is -2.59. The van der Waals surface area contributed by atoms with Crippen LogP contribution in [0.2, 0.25) is 0 Å². The van der Waals surface area contributed by atoms with Gasteiger partial charge in [0.05, 0.1) is 5.41 Å². The van der Waals surface area contributed by atoms with Gasteiger partial charge in [0.25, 0.3) is 0 Å². The molecule has 4 fully saturated rings. The molecule has 4 aliphatic carbocycles. The molecule has 1 N–H and O–H groups in total. The van der Waals surface area contributed by atoms with Crippen LogP contribution in [0.1, 0.15) is 58.8 Å². The van der Waals surface area contributed by atoms with Gasteiger partial charge in [-0.05, 0) is 62.7 Å². The van der Waals surface area contributed by atoms with Crippen molar-refractivity contribution in [2.45, 2.75) is 63.1 Å². The van der Waals surface area contributed by atoms with E-state index < -0.39 is 0 Å². The molecule has 4 bridgehead atoms. The van der Waals surface area contributed by atoms with Crippen molar-refractivity contribution in [2.75, 3.05) is 19.8 Å². The molecule has 22 heavy (non-hydrogen) atoms. The SMILES string of the molecule is CC(C)COCCCNC(=O)C12CC3CC(CC(Br)(C3)C1)C2. The van der Waals surface area contributed by atoms with E-state index in [0.29, 0.717) is 11.8 Å². The lowest BCUT2D eigenvalue weighted by Crippen LogP contribution is -2.58. The van der Waals surface area contributed by atoms with Crippen molar-refractivity contribution in [2.24, 2.45) is 23.2 Å². The third-order valence-electron chi connectivity index (χ3n) is 5.67. The van der Waals surface area contributed by atoms with Crippen LogP contribution < -0.4 is 5.32 Å². The van der Waals surface area contributed by atoms with Crippen LogP contribution in [0, 0.1) is 23.2 Å². The second-order valence-electron chi connectivity index (χ2n) is 8.47. The second-order valence-corrected chi connectivity index (χ2v) is 10.2. The lowest BCUT2D eigenvalue weighted by atomic mass is 9.49. The number of rotatable bonds is 7. The smallest absolute Gasteiger partial charge is 0.226 e. The van der Waals surface area contributed by atoms with Crippen LogP contribution in [0.4, 0.5) is 0 Å². The van der Waals surface area contributed by atoms with Crippen LogP contribution in [-0.2, 0) is 9.53 Å². The molecule has 0 heterocycles. The zero-order chi connectivity index (χ0) is 15.8. The first kappa shape index (κ1) is 16.8. The van der Waals surface area contributed by atoms with Gasteiger partial charge < -0.3 is 10.1 Å². The summed E-state index contributed by atoms with van der Waals surface area (Å²) in [7, 11) is 0. The Morgan fingerprint density at radius 2 is 1.95 bits per heavy atom. The molecule has 0 aromatic rings. The Labute approximate surface area is 143 Å². The van der Waals surface area contributed by atoms with E-state index in [2.05, 4.69) is 35.1 Å². The molecular formula is C18H30BrNO2. The standard InChI is InChI=1S/C18H30BrNO2/c1-13(2)11-22-5-3-4-20-16(21)17-7-14-6-15(8-17)10-18(19,9-14)12-17/h13-15H,3-12H2,1-2H3,(H,20,21). The van der Waals surface area contributed by atoms with E-state index in [-0.39, 0.29) is 9.74 Å². The van der Waals surface area contributed by atoms with Crippen molar-refractivity contribution in [1.29, 1.82) is 0 Å². The fourth-order valence-electron chi connectivity index (χ4n) is 5.30. The Balaban J connectivity index is 1.46. The van der Waals surface area contributed by atoms with Gasteiger partial charge >= 0.3 is 0 Å². The Kier molecular flexibility index (Phi) is 4.90. The molecule has 3 nitrogen and oxygen atoms in total. The molecular weight excluding hydrogens is 342 g/mol. The zero-order valence-electron chi connectivity index (χ0n) is 14.0. The van der Waals surface area contributed by atoms with Crippen molar-refractivity contribution in [3.63, 3.8) is 0 Å². The van der Waals surface area contributed by atoms with E-state index in [1.54, 1.807) is 0 Å². The minimum Gasteiger partial charge on any atom is -0.381 e. The van der Waals surface area contributed by atoms with E-state index >= 15 is 0 Å². The number of alkyl halides is 1. The highest BCUT2D eigenvalue weighted by atomic mass is 79.9. The highest BCUT2D eigenvalue weighted by Crippen LogP contribution is 2.64. The highest BCUT2D eigenvalue weighted by molar-refractivity contribution is 9.10. The van der Waals surface area contributed by atoms with Gasteiger partial charge in [-0.1, -0.05) is 29.8 Å². The van der Waals surface area contributed by atoms with Crippen LogP contribution in [0.25, 0.3) is 0 Å². The van der Waals surface area contributed by atoms with Crippen molar-refractivity contribution in [3.8, 4) is 0 Å². The molecule has 126 valence electrons. The first-order valence-electron chi connectivity index (χ1n) is 8.96. The fourth-order valence-corrected chi connectivity index (χ4v) is 6.75. The molecule has 4 rings (SSSR count). The Hall–Kier alpha value is -0.0900. The van der Waals surface area contributed by atoms with Crippen molar-refractivity contribution in [1.82, 2.24) is 5.32 Å². The minimum absolute atomic E-state index is 0.0770. The second kappa shape index (κ2) is 6.43. The molecule has 0 aromatic heterocycles. The third-order valence-corrected chi connectivity index (χ3v) is 6.60. The summed E-state index contributed by atoms with van der Waals surface area (Å²) in [6.07, 6.45) is 8.11. The van der Waals surface area contributed by atoms with Crippen LogP contribution in [0.15, 0.2) is 0 Å². The number of ether oxygens (including phenoxy) is 1. The number of halogens is 1. The monoisotopic (exact) mass is 371 g/mol. The zero-order valence-corrected chi connectivity index (χ0v) is 15.6. The molecule has 0 aliphatic heterocycles. The summed E-state index contributed by atoms with van der Waals surface area (Å²) in [5, 5.41) is 3.21. The van der Waals surface area contributed by atoms with Gasteiger partial charge in [-0.25, -0.2) is 0 Å². The van der Waals surface area contributed by atoms with Crippen molar-refractivity contribution >= 4 is 21.8 Å². The van der Waals surface area contributed by atoms with Gasteiger partial charge in [0.15, 0.2) is 0 Å². The van der Waals surface area contributed by atoms with Gasteiger partial charge in [0.2, 0.25) is 5.91 Å². The topological polar surface area (TPSA) is 38.3 Å². The van der Waals surface area contributed by atoms with Crippen LogP contribution in [0.3, 0.4) is 0 Å². The minimum atomic E-state index is -0.0770. The maximum atomic E-state index is 12.8. The molecule has 0 spiro atoms. The van der Waals surface area contributed by atoms with Crippen LogP contribution in [0.5, 0.6) is 0 Å². The number of carbonyl (C=O) groups excluding carboxylic acids is 1. The molecule has 0 radical (unpaired) electrons. The lowest BCUT2D eigenvalue weighted by molar-refractivity contribution is -0.144. The molecule has 0 aromatic carbocycles. The Morgan fingerprint density at radius 3 is 2.55 bits per heavy atom. The first-order valence-corrected chi connectivity index (χ1v) is 9.75. The molecule has 1 amide bonds. The normalized spacial score (nSPS) is 39.5. The summed E-state index contributed by atoms with van der Waals surface area (Å²) in [5.41, 5.74) is -0.0770. The maximum absolute atomic E-state index is 12.8. The average Bonchev–Trinajstić information content (AvgIpc) is 2.39. The number of nitrogens with one attached hydrogen (secondary N) is 1. The summed E-state index contributed by atoms with van der Waals surface area (Å²) < 4.78 is 5.84. The van der Waals surface area contributed by atoms with Crippen LogP contribution in [-0.4, -0.2) is 30.0 Å². The number of hydrogen-bond acceptors (Lipinski definition) is 2. The molecule has 2 unspecified atom stereocenters. The Morgan fingerprint density at radius 1 is 1.27 bits per heavy atom. The largest absolute Gasteiger partial charge is 0.381 e. The molecule has 4 aliphatic rings. The maximum Gasteiger partial charge on any atom is 0.226 e. The fraction of sp³-hybridized carbons (Fsp3) is 0.944. The van der Waals surface area contributed by atoms with Crippen molar-refractivity contribution in [3.05, 3.63) is 0 Å². The summed E-state index contributed by atoms with van der Waals surface area (Å²) >= 11 is 3.98. The molecule has 2 atom stereocenters. The van der Waals surface area contributed by atoms with E-state index in [4.69, 9.17) is 4.74 Å². The number of amides is 1. The van der Waals surface area contributed by atoms with E-state index in [9.17, 15) is 4.79 Å². The van der Waals surface area contributed by atoms with E-state index in [1.165, 1.54) is 19.3 Å². The molecule has 4 saturated carbocycles. The summed E-state index contributed by atoms with van der Waals surface area (Å²) in [5.74, 6) is 2.42. The summed E-state index contributed by atoms with van der Waals surface area (Å²) in [4.78, 5) is 12.8. The predicted octanol–water partition coefficient (Wildman–Crippen LogP) is 3.90. The highest BCUT2D eigenvalue weighted by Gasteiger charge is 2.59. The van der Waals surface area contributed by atoms with Gasteiger partial charge in [0.1, 0.15) is 0 Å². The van der Waals surface area contributed by atoms with Crippen LogP contribution >= 0.6 is 15.9 Å². The Bertz CT molecular complexity index is 409. The number of carbonyl (C=O) groups is 1.